The largest absolute Gasteiger partial charge is 0.493 e. The van der Waals surface area contributed by atoms with Crippen LogP contribution in [0.3, 0.4) is 0 Å². The zero-order chi connectivity index (χ0) is 23.2. The minimum Gasteiger partial charge on any atom is -0.493 e. The van der Waals surface area contributed by atoms with Gasteiger partial charge in [-0.15, -0.1) is 0 Å². The monoisotopic (exact) mass is 447 g/mol. The molecule has 0 radical (unpaired) electrons. The molecule has 0 aromatic heterocycles. The van der Waals surface area contributed by atoms with E-state index in [0.29, 0.717) is 30.2 Å². The smallest absolute Gasteiger partial charge is 0.247 e. The average Bonchev–Trinajstić information content (AvgIpc) is 2.86. The first-order valence-electron chi connectivity index (χ1n) is 10.8. The highest BCUT2D eigenvalue weighted by molar-refractivity contribution is 5.92. The van der Waals surface area contributed by atoms with Gasteiger partial charge in [0.2, 0.25) is 5.91 Å². The predicted octanol–water partition coefficient (Wildman–Crippen LogP) is 5.06. The number of fused-ring (bicyclic) bond motifs is 1. The van der Waals surface area contributed by atoms with Crippen LogP contribution in [-0.4, -0.2) is 38.2 Å². The first-order valence-corrected chi connectivity index (χ1v) is 10.8. The van der Waals surface area contributed by atoms with Gasteiger partial charge in [0.25, 0.3) is 0 Å². The number of hydrogen-bond donors (Lipinski definition) is 0. The summed E-state index contributed by atoms with van der Waals surface area (Å²) >= 11 is 0. The molecule has 4 rings (SSSR count). The summed E-state index contributed by atoms with van der Waals surface area (Å²) in [6.45, 7) is 0.761. The van der Waals surface area contributed by atoms with Crippen molar-refractivity contribution in [1.29, 1.82) is 0 Å². The van der Waals surface area contributed by atoms with Gasteiger partial charge in [-0.1, -0.05) is 30.3 Å². The number of halogens is 1. The van der Waals surface area contributed by atoms with Gasteiger partial charge in [0.1, 0.15) is 18.2 Å². The first-order chi connectivity index (χ1) is 16.1. The highest BCUT2D eigenvalue weighted by Gasteiger charge is 2.32. The maximum atomic E-state index is 13.3. The molecule has 0 N–H and O–H groups in total. The number of amides is 1. The molecule has 0 saturated heterocycles. The van der Waals surface area contributed by atoms with E-state index in [9.17, 15) is 9.18 Å². The quantitative estimate of drug-likeness (QED) is 0.475. The Morgan fingerprint density at radius 2 is 1.73 bits per heavy atom. The number of nitrogens with zero attached hydrogens (tertiary/aromatic N) is 1. The standard InChI is InChI=1S/C27H26FNO4/c1-31-25-16-20-14-15-29(27(30)13-8-19-6-4-3-5-7-19)24(23(20)17-26(25)32-2)18-33-22-11-9-21(28)10-12-22/h3-13,16-17,24H,14-15,18H2,1-2H3/b13-8+/t24-/m0/s1. The van der Waals surface area contributed by atoms with E-state index in [4.69, 9.17) is 14.2 Å². The molecule has 0 unspecified atom stereocenters. The second-order valence-electron chi connectivity index (χ2n) is 7.71. The highest BCUT2D eigenvalue weighted by Crippen LogP contribution is 2.38. The Labute approximate surface area is 193 Å². The van der Waals surface area contributed by atoms with E-state index < -0.39 is 0 Å². The molecule has 0 saturated carbocycles. The van der Waals surface area contributed by atoms with Gasteiger partial charge in [0, 0.05) is 12.6 Å². The Morgan fingerprint density at radius 3 is 2.42 bits per heavy atom. The Morgan fingerprint density at radius 1 is 1.03 bits per heavy atom. The van der Waals surface area contributed by atoms with Crippen molar-refractivity contribution in [2.45, 2.75) is 12.5 Å². The Kier molecular flexibility index (Phi) is 6.93. The zero-order valence-corrected chi connectivity index (χ0v) is 18.7. The maximum absolute atomic E-state index is 13.3. The molecule has 1 aliphatic rings. The van der Waals surface area contributed by atoms with Crippen LogP contribution in [0.1, 0.15) is 22.7 Å². The molecule has 0 fully saturated rings. The number of carbonyl (C=O) groups excluding carboxylic acids is 1. The van der Waals surface area contributed by atoms with Gasteiger partial charge < -0.3 is 19.1 Å². The average molecular weight is 448 g/mol. The summed E-state index contributed by atoms with van der Waals surface area (Å²) in [6, 6.07) is 19.1. The van der Waals surface area contributed by atoms with E-state index in [0.717, 1.165) is 16.7 Å². The molecule has 1 atom stereocenters. The lowest BCUT2D eigenvalue weighted by Gasteiger charge is -2.37. The van der Waals surface area contributed by atoms with Crippen molar-refractivity contribution >= 4 is 12.0 Å². The summed E-state index contributed by atoms with van der Waals surface area (Å²) in [5, 5.41) is 0. The number of hydrogen-bond acceptors (Lipinski definition) is 4. The zero-order valence-electron chi connectivity index (χ0n) is 18.7. The van der Waals surface area contributed by atoms with E-state index in [2.05, 4.69) is 0 Å². The summed E-state index contributed by atoms with van der Waals surface area (Å²) in [5.41, 5.74) is 2.98. The lowest BCUT2D eigenvalue weighted by molar-refractivity contribution is -0.129. The van der Waals surface area contributed by atoms with Gasteiger partial charge in [-0.05, 0) is 65.6 Å². The van der Waals surface area contributed by atoms with Crippen LogP contribution in [0, 0.1) is 5.82 Å². The van der Waals surface area contributed by atoms with Crippen LogP contribution >= 0.6 is 0 Å². The van der Waals surface area contributed by atoms with Gasteiger partial charge in [-0.2, -0.15) is 0 Å². The lowest BCUT2D eigenvalue weighted by atomic mass is 9.92. The van der Waals surface area contributed by atoms with E-state index >= 15 is 0 Å². The van der Waals surface area contributed by atoms with Crippen molar-refractivity contribution in [3.8, 4) is 17.2 Å². The second-order valence-corrected chi connectivity index (χ2v) is 7.71. The fourth-order valence-electron chi connectivity index (χ4n) is 4.01. The third-order valence-electron chi connectivity index (χ3n) is 5.73. The minimum absolute atomic E-state index is 0.105. The molecule has 33 heavy (non-hydrogen) atoms. The summed E-state index contributed by atoms with van der Waals surface area (Å²) in [6.07, 6.45) is 4.09. The van der Waals surface area contributed by atoms with Crippen molar-refractivity contribution in [3.63, 3.8) is 0 Å². The van der Waals surface area contributed by atoms with Gasteiger partial charge in [-0.3, -0.25) is 4.79 Å². The summed E-state index contributed by atoms with van der Waals surface area (Å²) in [7, 11) is 3.19. The van der Waals surface area contributed by atoms with Crippen LogP contribution < -0.4 is 14.2 Å². The molecule has 170 valence electrons. The molecule has 0 aliphatic carbocycles. The molecule has 3 aromatic rings. The van der Waals surface area contributed by atoms with Crippen LogP contribution in [0.15, 0.2) is 72.8 Å². The lowest BCUT2D eigenvalue weighted by Crippen LogP contribution is -2.41. The summed E-state index contributed by atoms with van der Waals surface area (Å²) in [5.74, 6) is 1.35. The second kappa shape index (κ2) is 10.2. The van der Waals surface area contributed by atoms with Crippen LogP contribution in [-0.2, 0) is 11.2 Å². The molecular formula is C27H26FNO4. The van der Waals surface area contributed by atoms with E-state index in [-0.39, 0.29) is 24.4 Å². The number of methoxy groups -OCH3 is 2. The molecule has 1 aliphatic heterocycles. The maximum Gasteiger partial charge on any atom is 0.247 e. The normalized spacial score (nSPS) is 15.2. The third-order valence-corrected chi connectivity index (χ3v) is 5.73. The summed E-state index contributed by atoms with van der Waals surface area (Å²) < 4.78 is 30.2. The Balaban J connectivity index is 1.64. The minimum atomic E-state index is -0.341. The van der Waals surface area contributed by atoms with Crippen molar-refractivity contribution in [1.82, 2.24) is 4.90 Å². The SMILES string of the molecule is COc1cc2c(cc1OC)[C@H](COc1ccc(F)cc1)N(C(=O)/C=C/c1ccccc1)CC2. The van der Waals surface area contributed by atoms with Gasteiger partial charge >= 0.3 is 0 Å². The molecular weight excluding hydrogens is 421 g/mol. The molecule has 0 bridgehead atoms. The third kappa shape index (κ3) is 5.17. The molecule has 0 spiro atoms. The van der Waals surface area contributed by atoms with Crippen LogP contribution in [0.4, 0.5) is 4.39 Å². The number of benzene rings is 3. The molecule has 6 heteroatoms. The molecule has 1 amide bonds. The van der Waals surface area contributed by atoms with Crippen molar-refractivity contribution in [2.75, 3.05) is 27.4 Å². The van der Waals surface area contributed by atoms with E-state index in [1.165, 1.54) is 12.1 Å². The van der Waals surface area contributed by atoms with Crippen molar-refractivity contribution in [2.24, 2.45) is 0 Å². The fourth-order valence-corrected chi connectivity index (χ4v) is 4.01. The predicted molar refractivity (Wildman–Crippen MR) is 125 cm³/mol. The van der Waals surface area contributed by atoms with Crippen LogP contribution in [0.2, 0.25) is 0 Å². The van der Waals surface area contributed by atoms with Gasteiger partial charge in [0.15, 0.2) is 11.5 Å². The van der Waals surface area contributed by atoms with Gasteiger partial charge in [-0.25, -0.2) is 4.39 Å². The van der Waals surface area contributed by atoms with Crippen LogP contribution in [0.25, 0.3) is 6.08 Å². The molecule has 3 aromatic carbocycles. The molecule has 5 nitrogen and oxygen atoms in total. The molecule has 1 heterocycles. The van der Waals surface area contributed by atoms with E-state index in [1.807, 2.05) is 48.5 Å². The summed E-state index contributed by atoms with van der Waals surface area (Å²) in [4.78, 5) is 15.0. The topological polar surface area (TPSA) is 48.0 Å². The highest BCUT2D eigenvalue weighted by atomic mass is 19.1. The van der Waals surface area contributed by atoms with Crippen molar-refractivity contribution < 1.29 is 23.4 Å². The first kappa shape index (κ1) is 22.4. The number of rotatable bonds is 7. The van der Waals surface area contributed by atoms with Crippen molar-refractivity contribution in [3.05, 3.63) is 95.3 Å². The Bertz CT molecular complexity index is 1130. The Hall–Kier alpha value is -3.80. The van der Waals surface area contributed by atoms with Crippen LogP contribution in [0.5, 0.6) is 17.2 Å². The fraction of sp³-hybridized carbons (Fsp3) is 0.222. The number of ether oxygens (including phenoxy) is 3. The number of carbonyl (C=O) groups is 1. The van der Waals surface area contributed by atoms with Gasteiger partial charge in [0.05, 0.1) is 20.3 Å². The van der Waals surface area contributed by atoms with E-state index in [1.54, 1.807) is 37.3 Å².